The number of carbonyl (C=O) groups excluding carboxylic acids is 1. The van der Waals surface area contributed by atoms with Crippen LogP contribution in [-0.2, 0) is 0 Å². The number of thiazole rings is 1. The Bertz CT molecular complexity index is 936. The number of para-hydroxylation sites is 1. The maximum absolute atomic E-state index is 12.3. The number of amides is 1. The van der Waals surface area contributed by atoms with Crippen LogP contribution < -0.4 is 5.43 Å². The van der Waals surface area contributed by atoms with E-state index in [2.05, 4.69) is 15.5 Å². The number of hydrogen-bond acceptors (Lipinski definition) is 5. The summed E-state index contributed by atoms with van der Waals surface area (Å²) in [6, 6.07) is 14.0. The van der Waals surface area contributed by atoms with Crippen LogP contribution in [-0.4, -0.2) is 22.2 Å². The molecule has 3 aromatic rings. The lowest BCUT2D eigenvalue weighted by atomic mass is 10.2. The fourth-order valence-corrected chi connectivity index (χ4v) is 3.22. The Morgan fingerprint density at radius 2 is 1.96 bits per heavy atom. The van der Waals surface area contributed by atoms with Crippen LogP contribution in [0.3, 0.4) is 0 Å². The van der Waals surface area contributed by atoms with Gasteiger partial charge in [0.05, 0.1) is 11.9 Å². The van der Waals surface area contributed by atoms with Crippen molar-refractivity contribution in [1.29, 1.82) is 0 Å². The molecule has 0 bridgehead atoms. The smallest absolute Gasteiger partial charge is 0.283 e. The Morgan fingerprint density at radius 1 is 1.24 bits per heavy atom. The van der Waals surface area contributed by atoms with Crippen molar-refractivity contribution in [3.8, 4) is 16.3 Å². The Balaban J connectivity index is 1.74. The zero-order chi connectivity index (χ0) is 17.8. The van der Waals surface area contributed by atoms with Gasteiger partial charge in [-0.25, -0.2) is 10.4 Å². The van der Waals surface area contributed by atoms with E-state index < -0.39 is 0 Å². The van der Waals surface area contributed by atoms with Gasteiger partial charge in [0, 0.05) is 16.1 Å². The molecule has 3 rings (SSSR count). The number of aromatic nitrogens is 1. The molecule has 1 amide bonds. The molecule has 0 atom stereocenters. The first-order valence-electron chi connectivity index (χ1n) is 7.39. The van der Waals surface area contributed by atoms with Crippen LogP contribution in [0.5, 0.6) is 5.75 Å². The van der Waals surface area contributed by atoms with Gasteiger partial charge < -0.3 is 5.11 Å². The molecule has 0 unspecified atom stereocenters. The van der Waals surface area contributed by atoms with Crippen molar-refractivity contribution in [2.24, 2.45) is 5.10 Å². The lowest BCUT2D eigenvalue weighted by molar-refractivity contribution is 0.0958. The lowest BCUT2D eigenvalue weighted by Crippen LogP contribution is -2.17. The molecule has 5 nitrogen and oxygen atoms in total. The third-order valence-electron chi connectivity index (χ3n) is 3.40. The summed E-state index contributed by atoms with van der Waals surface area (Å²) >= 11 is 7.18. The van der Waals surface area contributed by atoms with Gasteiger partial charge in [-0.2, -0.15) is 5.10 Å². The highest BCUT2D eigenvalue weighted by Crippen LogP contribution is 2.28. The van der Waals surface area contributed by atoms with Crippen molar-refractivity contribution in [2.75, 3.05) is 0 Å². The third-order valence-corrected chi connectivity index (χ3v) is 4.86. The van der Waals surface area contributed by atoms with Crippen LogP contribution in [0.1, 0.15) is 20.9 Å². The minimum absolute atomic E-state index is 0.0968. The SMILES string of the molecule is Cc1nc(-c2ccc(Cl)cc2)sc1C(=O)N/N=C/c1ccccc1O. The van der Waals surface area contributed by atoms with Crippen molar-refractivity contribution < 1.29 is 9.90 Å². The van der Waals surface area contributed by atoms with E-state index in [0.29, 0.717) is 21.2 Å². The molecule has 0 aliphatic heterocycles. The number of hydrogen-bond donors (Lipinski definition) is 2. The molecule has 0 aliphatic carbocycles. The summed E-state index contributed by atoms with van der Waals surface area (Å²) in [6.07, 6.45) is 1.39. The van der Waals surface area contributed by atoms with Crippen molar-refractivity contribution >= 4 is 35.1 Å². The summed E-state index contributed by atoms with van der Waals surface area (Å²) in [5.41, 5.74) is 4.50. The molecule has 0 aliphatic rings. The minimum Gasteiger partial charge on any atom is -0.507 e. The number of benzene rings is 2. The average Bonchev–Trinajstić information content (AvgIpc) is 2.99. The van der Waals surface area contributed by atoms with Gasteiger partial charge in [0.2, 0.25) is 0 Å². The molecule has 2 N–H and O–H groups in total. The topological polar surface area (TPSA) is 74.6 Å². The molecule has 0 spiro atoms. The first-order valence-corrected chi connectivity index (χ1v) is 8.59. The van der Waals surface area contributed by atoms with Crippen LogP contribution in [0.15, 0.2) is 53.6 Å². The highest BCUT2D eigenvalue weighted by atomic mass is 35.5. The van der Waals surface area contributed by atoms with E-state index in [1.165, 1.54) is 17.6 Å². The second-order valence-electron chi connectivity index (χ2n) is 5.20. The fraction of sp³-hybridized carbons (Fsp3) is 0.0556. The predicted molar refractivity (Wildman–Crippen MR) is 100 cm³/mol. The number of hydrazone groups is 1. The monoisotopic (exact) mass is 371 g/mol. The predicted octanol–water partition coefficient (Wildman–Crippen LogP) is 4.24. The second-order valence-corrected chi connectivity index (χ2v) is 6.63. The van der Waals surface area contributed by atoms with Crippen molar-refractivity contribution in [3.05, 3.63) is 69.7 Å². The van der Waals surface area contributed by atoms with Gasteiger partial charge in [0.15, 0.2) is 0 Å². The summed E-state index contributed by atoms with van der Waals surface area (Å²) in [4.78, 5) is 17.2. The molecule has 0 saturated heterocycles. The molecule has 2 aromatic carbocycles. The molecule has 1 heterocycles. The van der Waals surface area contributed by atoms with Gasteiger partial charge in [0.1, 0.15) is 15.6 Å². The van der Waals surface area contributed by atoms with Gasteiger partial charge in [-0.1, -0.05) is 35.9 Å². The average molecular weight is 372 g/mol. The van der Waals surface area contributed by atoms with Gasteiger partial charge in [-0.05, 0) is 31.2 Å². The molecule has 0 saturated carbocycles. The van der Waals surface area contributed by atoms with Gasteiger partial charge in [0.25, 0.3) is 5.91 Å². The van der Waals surface area contributed by atoms with Gasteiger partial charge in [-0.15, -0.1) is 11.3 Å². The first kappa shape index (κ1) is 17.1. The van der Waals surface area contributed by atoms with E-state index in [-0.39, 0.29) is 11.7 Å². The quantitative estimate of drug-likeness (QED) is 0.532. The molecular weight excluding hydrogens is 358 g/mol. The Kier molecular flexibility index (Phi) is 5.11. The largest absolute Gasteiger partial charge is 0.507 e. The molecule has 7 heteroatoms. The molecule has 25 heavy (non-hydrogen) atoms. The summed E-state index contributed by atoms with van der Waals surface area (Å²) < 4.78 is 0. The third kappa shape index (κ3) is 4.04. The number of phenols is 1. The Labute approximate surface area is 153 Å². The summed E-state index contributed by atoms with van der Waals surface area (Å²) in [5.74, 6) is -0.249. The van der Waals surface area contributed by atoms with Gasteiger partial charge >= 0.3 is 0 Å². The molecule has 0 radical (unpaired) electrons. The number of nitrogens with one attached hydrogen (secondary N) is 1. The van der Waals surface area contributed by atoms with Crippen molar-refractivity contribution in [3.63, 3.8) is 0 Å². The lowest BCUT2D eigenvalue weighted by Gasteiger charge is -1.98. The minimum atomic E-state index is -0.345. The van der Waals surface area contributed by atoms with E-state index in [1.807, 2.05) is 12.1 Å². The highest BCUT2D eigenvalue weighted by molar-refractivity contribution is 7.17. The maximum atomic E-state index is 12.3. The second kappa shape index (κ2) is 7.46. The van der Waals surface area contributed by atoms with Crippen LogP contribution in [0.4, 0.5) is 0 Å². The summed E-state index contributed by atoms with van der Waals surface area (Å²) in [7, 11) is 0. The normalized spacial score (nSPS) is 11.0. The van der Waals surface area contributed by atoms with Crippen LogP contribution >= 0.6 is 22.9 Å². The summed E-state index contributed by atoms with van der Waals surface area (Å²) in [6.45, 7) is 1.78. The maximum Gasteiger partial charge on any atom is 0.283 e. The fourth-order valence-electron chi connectivity index (χ4n) is 2.13. The number of nitrogens with zero attached hydrogens (tertiary/aromatic N) is 2. The Morgan fingerprint density at radius 3 is 2.68 bits per heavy atom. The molecular formula is C18H14ClN3O2S. The van der Waals surface area contributed by atoms with Crippen LogP contribution in [0.2, 0.25) is 5.02 Å². The standard InChI is InChI=1S/C18H14ClN3O2S/c1-11-16(25-18(21-11)12-6-8-14(19)9-7-12)17(24)22-20-10-13-4-2-3-5-15(13)23/h2-10,23H,1H3,(H,22,24)/b20-10+. The van der Waals surface area contributed by atoms with E-state index in [1.54, 1.807) is 43.3 Å². The zero-order valence-corrected chi connectivity index (χ0v) is 14.8. The molecule has 1 aromatic heterocycles. The number of phenolic OH excluding ortho intramolecular Hbond substituents is 1. The molecule has 126 valence electrons. The number of rotatable bonds is 4. The number of aryl methyl sites for hydroxylation is 1. The van der Waals surface area contributed by atoms with Crippen LogP contribution in [0.25, 0.3) is 10.6 Å². The van der Waals surface area contributed by atoms with E-state index in [0.717, 1.165) is 10.6 Å². The molecule has 0 fully saturated rings. The van der Waals surface area contributed by atoms with Crippen molar-refractivity contribution in [1.82, 2.24) is 10.4 Å². The van der Waals surface area contributed by atoms with Crippen LogP contribution in [0, 0.1) is 6.92 Å². The van der Waals surface area contributed by atoms with E-state index in [4.69, 9.17) is 11.6 Å². The van der Waals surface area contributed by atoms with E-state index >= 15 is 0 Å². The summed E-state index contributed by atoms with van der Waals surface area (Å²) in [5, 5.41) is 14.9. The van der Waals surface area contributed by atoms with E-state index in [9.17, 15) is 9.90 Å². The van der Waals surface area contributed by atoms with Gasteiger partial charge in [-0.3, -0.25) is 4.79 Å². The highest BCUT2D eigenvalue weighted by Gasteiger charge is 2.15. The number of halogens is 1. The Hall–Kier alpha value is -2.70. The van der Waals surface area contributed by atoms with Crippen molar-refractivity contribution in [2.45, 2.75) is 6.92 Å². The number of aromatic hydroxyl groups is 1. The first-order chi connectivity index (χ1) is 12.0. The number of carbonyl (C=O) groups is 1. The zero-order valence-electron chi connectivity index (χ0n) is 13.2.